The maximum absolute atomic E-state index is 11.8. The molecule has 1 aliphatic heterocycles. The quantitative estimate of drug-likeness (QED) is 0.703. The normalized spacial score (nSPS) is 22.7. The lowest BCUT2D eigenvalue weighted by Gasteiger charge is -2.31. The first-order valence-corrected chi connectivity index (χ1v) is 6.01. The number of sulfonamides is 1. The van der Waals surface area contributed by atoms with Crippen LogP contribution < -0.4 is 4.72 Å². The Labute approximate surface area is 84.2 Å². The molecular weight excluding hydrogens is 198 g/mol. The molecule has 2 rings (SSSR count). The molecule has 0 spiro atoms. The molecule has 1 aromatic rings. The molecule has 0 atom stereocenters. The van der Waals surface area contributed by atoms with Crippen molar-refractivity contribution in [3.05, 3.63) is 29.8 Å². The molecule has 14 heavy (non-hydrogen) atoms. The molecule has 0 bridgehead atoms. The minimum absolute atomic E-state index is 0.382. The molecule has 0 amide bonds. The van der Waals surface area contributed by atoms with Gasteiger partial charge in [0.25, 0.3) is 0 Å². The third-order valence-corrected chi connectivity index (χ3v) is 4.10. The molecule has 1 aliphatic rings. The fourth-order valence-corrected chi connectivity index (χ4v) is 3.50. The largest absolute Gasteiger partial charge is 0.241 e. The van der Waals surface area contributed by atoms with E-state index in [2.05, 4.69) is 4.72 Å². The Morgan fingerprint density at radius 1 is 1.29 bits per heavy atom. The summed E-state index contributed by atoms with van der Waals surface area (Å²) in [7, 11) is -3.30. The lowest BCUT2D eigenvalue weighted by molar-refractivity contribution is 0.433. The zero-order chi connectivity index (χ0) is 10.4. The van der Waals surface area contributed by atoms with Crippen molar-refractivity contribution in [2.24, 2.45) is 0 Å². The van der Waals surface area contributed by atoms with E-state index in [1.54, 1.807) is 12.1 Å². The van der Waals surface area contributed by atoms with Gasteiger partial charge in [0.15, 0.2) is 0 Å². The highest BCUT2D eigenvalue weighted by molar-refractivity contribution is 7.89. The predicted octanol–water partition coefficient (Wildman–Crippen LogP) is 1.30. The van der Waals surface area contributed by atoms with Crippen LogP contribution in [0.4, 0.5) is 0 Å². The highest BCUT2D eigenvalue weighted by atomic mass is 32.2. The standard InChI is InChI=1S/C10H13NO2S/c1-10(2)7-8-5-3-4-6-9(8)14(12,13)11-10/h3-6,11H,7H2,1-2H3. The average Bonchev–Trinajstić information content (AvgIpc) is 2.00. The van der Waals surface area contributed by atoms with Gasteiger partial charge in [0.2, 0.25) is 10.0 Å². The number of rotatable bonds is 0. The molecule has 1 N–H and O–H groups in total. The lowest BCUT2D eigenvalue weighted by Crippen LogP contribution is -2.48. The number of benzene rings is 1. The molecular formula is C10H13NO2S. The third kappa shape index (κ3) is 1.55. The van der Waals surface area contributed by atoms with E-state index < -0.39 is 10.0 Å². The van der Waals surface area contributed by atoms with Gasteiger partial charge in [-0.15, -0.1) is 0 Å². The zero-order valence-electron chi connectivity index (χ0n) is 8.24. The topological polar surface area (TPSA) is 46.2 Å². The Hall–Kier alpha value is -0.870. The van der Waals surface area contributed by atoms with Crippen molar-refractivity contribution in [1.29, 1.82) is 0 Å². The van der Waals surface area contributed by atoms with E-state index >= 15 is 0 Å². The summed E-state index contributed by atoms with van der Waals surface area (Å²) in [6.07, 6.45) is 0.738. The summed E-state index contributed by atoms with van der Waals surface area (Å²) < 4.78 is 26.2. The van der Waals surface area contributed by atoms with Crippen molar-refractivity contribution in [3.63, 3.8) is 0 Å². The number of hydrogen-bond acceptors (Lipinski definition) is 2. The molecule has 0 radical (unpaired) electrons. The molecule has 1 heterocycles. The first kappa shape index (κ1) is 9.68. The number of hydrogen-bond donors (Lipinski definition) is 1. The van der Waals surface area contributed by atoms with Crippen LogP contribution in [0.5, 0.6) is 0 Å². The fourth-order valence-electron chi connectivity index (χ4n) is 1.84. The van der Waals surface area contributed by atoms with Crippen LogP contribution in [0.1, 0.15) is 19.4 Å². The van der Waals surface area contributed by atoms with Crippen molar-refractivity contribution >= 4 is 10.0 Å². The lowest BCUT2D eigenvalue weighted by atomic mass is 9.96. The highest BCUT2D eigenvalue weighted by Gasteiger charge is 2.33. The summed E-state index contributed by atoms with van der Waals surface area (Å²) >= 11 is 0. The minimum Gasteiger partial charge on any atom is -0.207 e. The maximum Gasteiger partial charge on any atom is 0.241 e. The second-order valence-corrected chi connectivity index (χ2v) is 5.92. The molecule has 1 aromatic carbocycles. The van der Waals surface area contributed by atoms with Crippen LogP contribution in [0, 0.1) is 0 Å². The summed E-state index contributed by atoms with van der Waals surface area (Å²) in [5.74, 6) is 0. The van der Waals surface area contributed by atoms with Crippen molar-refractivity contribution < 1.29 is 8.42 Å². The molecule has 0 aliphatic carbocycles. The number of nitrogens with one attached hydrogen (secondary N) is 1. The van der Waals surface area contributed by atoms with Gasteiger partial charge >= 0.3 is 0 Å². The van der Waals surface area contributed by atoms with Crippen LogP contribution in [-0.4, -0.2) is 14.0 Å². The molecule has 0 unspecified atom stereocenters. The zero-order valence-corrected chi connectivity index (χ0v) is 9.06. The third-order valence-electron chi connectivity index (χ3n) is 2.31. The van der Waals surface area contributed by atoms with Gasteiger partial charge in [0.1, 0.15) is 0 Å². The molecule has 3 nitrogen and oxygen atoms in total. The Kier molecular flexibility index (Phi) is 1.94. The van der Waals surface area contributed by atoms with Crippen molar-refractivity contribution in [3.8, 4) is 0 Å². The Balaban J connectivity index is 2.65. The first-order chi connectivity index (χ1) is 6.41. The Morgan fingerprint density at radius 3 is 2.64 bits per heavy atom. The van der Waals surface area contributed by atoms with Crippen molar-refractivity contribution in [2.75, 3.05) is 0 Å². The second kappa shape index (κ2) is 2.81. The van der Waals surface area contributed by atoms with Crippen LogP contribution in [0.15, 0.2) is 29.2 Å². The van der Waals surface area contributed by atoms with E-state index in [0.717, 1.165) is 12.0 Å². The van der Waals surface area contributed by atoms with Gasteiger partial charge in [-0.2, -0.15) is 0 Å². The van der Waals surface area contributed by atoms with Crippen LogP contribution in [0.3, 0.4) is 0 Å². The van der Waals surface area contributed by atoms with Crippen LogP contribution in [0.2, 0.25) is 0 Å². The van der Waals surface area contributed by atoms with Crippen LogP contribution in [0.25, 0.3) is 0 Å². The summed E-state index contributed by atoms with van der Waals surface area (Å²) in [4.78, 5) is 0.416. The van der Waals surface area contributed by atoms with Gasteiger partial charge in [-0.05, 0) is 31.9 Å². The van der Waals surface area contributed by atoms with Gasteiger partial charge in [0.05, 0.1) is 4.90 Å². The molecule has 76 valence electrons. The average molecular weight is 211 g/mol. The van der Waals surface area contributed by atoms with Gasteiger partial charge in [-0.3, -0.25) is 0 Å². The van der Waals surface area contributed by atoms with E-state index in [0.29, 0.717) is 4.90 Å². The number of fused-ring (bicyclic) bond motifs is 1. The van der Waals surface area contributed by atoms with E-state index in [4.69, 9.17) is 0 Å². The highest BCUT2D eigenvalue weighted by Crippen LogP contribution is 2.27. The van der Waals surface area contributed by atoms with E-state index in [1.807, 2.05) is 26.0 Å². The van der Waals surface area contributed by atoms with E-state index in [9.17, 15) is 8.42 Å². The van der Waals surface area contributed by atoms with Crippen LogP contribution >= 0.6 is 0 Å². The minimum atomic E-state index is -3.30. The fraction of sp³-hybridized carbons (Fsp3) is 0.400. The predicted molar refractivity (Wildman–Crippen MR) is 54.5 cm³/mol. The Bertz CT molecular complexity index is 463. The summed E-state index contributed by atoms with van der Waals surface area (Å²) in [6.45, 7) is 3.78. The molecule has 4 heteroatoms. The second-order valence-electron chi connectivity index (χ2n) is 4.27. The van der Waals surface area contributed by atoms with Crippen LogP contribution in [-0.2, 0) is 16.4 Å². The first-order valence-electron chi connectivity index (χ1n) is 4.53. The molecule has 0 saturated carbocycles. The Morgan fingerprint density at radius 2 is 1.93 bits per heavy atom. The van der Waals surface area contributed by atoms with Gasteiger partial charge in [0, 0.05) is 5.54 Å². The van der Waals surface area contributed by atoms with Gasteiger partial charge in [-0.1, -0.05) is 18.2 Å². The van der Waals surface area contributed by atoms with Crippen molar-refractivity contribution in [1.82, 2.24) is 4.72 Å². The van der Waals surface area contributed by atoms with E-state index in [1.165, 1.54) is 0 Å². The molecule has 0 fully saturated rings. The summed E-state index contributed by atoms with van der Waals surface area (Å²) in [5.41, 5.74) is 0.518. The monoisotopic (exact) mass is 211 g/mol. The maximum atomic E-state index is 11.8. The summed E-state index contributed by atoms with van der Waals surface area (Å²) in [6, 6.07) is 7.13. The molecule has 0 aromatic heterocycles. The smallest absolute Gasteiger partial charge is 0.207 e. The van der Waals surface area contributed by atoms with Crippen molar-refractivity contribution in [2.45, 2.75) is 30.7 Å². The molecule has 0 saturated heterocycles. The van der Waals surface area contributed by atoms with Gasteiger partial charge < -0.3 is 0 Å². The SMILES string of the molecule is CC1(C)Cc2ccccc2S(=O)(=O)N1. The van der Waals surface area contributed by atoms with E-state index in [-0.39, 0.29) is 5.54 Å². The van der Waals surface area contributed by atoms with Gasteiger partial charge in [-0.25, -0.2) is 13.1 Å². The summed E-state index contributed by atoms with van der Waals surface area (Å²) in [5, 5.41) is 0.